The lowest BCUT2D eigenvalue weighted by Crippen LogP contribution is -2.34. The zero-order valence-electron chi connectivity index (χ0n) is 18.0. The van der Waals surface area contributed by atoms with E-state index in [9.17, 15) is 9.59 Å². The predicted octanol–water partition coefficient (Wildman–Crippen LogP) is 4.99. The van der Waals surface area contributed by atoms with Crippen molar-refractivity contribution in [2.75, 3.05) is 18.0 Å². The van der Waals surface area contributed by atoms with E-state index in [1.165, 1.54) is 29.2 Å². The summed E-state index contributed by atoms with van der Waals surface area (Å²) in [4.78, 5) is 29.1. The molecule has 0 radical (unpaired) electrons. The number of carbonyl (C=O) groups excluding carboxylic acids is 2. The second-order valence-corrected chi connectivity index (χ2v) is 8.78. The third kappa shape index (κ3) is 4.13. The van der Waals surface area contributed by atoms with Crippen LogP contribution in [0.1, 0.15) is 47.7 Å². The van der Waals surface area contributed by atoms with Crippen LogP contribution >= 0.6 is 0 Å². The molecule has 0 aromatic heterocycles. The quantitative estimate of drug-likeness (QED) is 0.514. The minimum atomic E-state index is 0.0705. The van der Waals surface area contributed by atoms with Gasteiger partial charge in [-0.15, -0.1) is 0 Å². The van der Waals surface area contributed by atoms with E-state index < -0.39 is 0 Å². The first-order chi connectivity index (χ1) is 15.1. The summed E-state index contributed by atoms with van der Waals surface area (Å²) in [5.41, 5.74) is 4.14. The maximum Gasteiger partial charge on any atom is 0.228 e. The first-order valence-electron chi connectivity index (χ1n) is 11.2. The minimum Gasteiger partial charge on any atom is -0.312 e. The Kier molecular flexibility index (Phi) is 5.33. The Balaban J connectivity index is 1.27. The van der Waals surface area contributed by atoms with Gasteiger partial charge in [0.15, 0.2) is 5.78 Å². The topological polar surface area (TPSA) is 40.6 Å². The maximum absolute atomic E-state index is 13.1. The van der Waals surface area contributed by atoms with Crippen molar-refractivity contribution in [2.45, 2.75) is 45.2 Å². The largest absolute Gasteiger partial charge is 0.312 e. The number of anilines is 1. The molecule has 0 spiro atoms. The molecule has 3 aromatic rings. The van der Waals surface area contributed by atoms with Crippen molar-refractivity contribution in [3.63, 3.8) is 0 Å². The first-order valence-corrected chi connectivity index (χ1v) is 11.2. The normalized spacial score (nSPS) is 15.5. The summed E-state index contributed by atoms with van der Waals surface area (Å²) in [6.07, 6.45) is 3.79. The van der Waals surface area contributed by atoms with Crippen LogP contribution in [0.15, 0.2) is 60.7 Å². The number of hydrogen-bond acceptors (Lipinski definition) is 3. The molecule has 5 rings (SSSR count). The van der Waals surface area contributed by atoms with Crippen LogP contribution in [-0.2, 0) is 17.8 Å². The number of benzene rings is 3. The predicted molar refractivity (Wildman–Crippen MR) is 125 cm³/mol. The average molecular weight is 413 g/mol. The fraction of sp³-hybridized carbons (Fsp3) is 0.333. The summed E-state index contributed by atoms with van der Waals surface area (Å²) in [7, 11) is 0. The molecule has 1 heterocycles. The molecule has 1 saturated carbocycles. The van der Waals surface area contributed by atoms with Gasteiger partial charge in [-0.25, -0.2) is 0 Å². The molecule has 0 bridgehead atoms. The molecule has 0 unspecified atom stereocenters. The van der Waals surface area contributed by atoms with Crippen LogP contribution in [0, 0.1) is 0 Å². The van der Waals surface area contributed by atoms with E-state index >= 15 is 0 Å². The summed E-state index contributed by atoms with van der Waals surface area (Å²) in [5.74, 6) is 0.249. The molecule has 0 atom stereocenters. The van der Waals surface area contributed by atoms with Crippen LogP contribution in [0.4, 0.5) is 5.69 Å². The fourth-order valence-corrected chi connectivity index (χ4v) is 4.73. The lowest BCUT2D eigenvalue weighted by molar-refractivity contribution is -0.118. The van der Waals surface area contributed by atoms with Gasteiger partial charge in [0.25, 0.3) is 0 Å². The van der Waals surface area contributed by atoms with Crippen LogP contribution in [0.25, 0.3) is 10.8 Å². The Morgan fingerprint density at radius 3 is 2.65 bits per heavy atom. The highest BCUT2D eigenvalue weighted by atomic mass is 16.2. The van der Waals surface area contributed by atoms with E-state index in [0.717, 1.165) is 36.3 Å². The SMILES string of the molecule is CC(=O)c1ccc2c(c1)CCN2C(=O)CCN(Cc1cccc2ccccc12)C1CC1. The van der Waals surface area contributed by atoms with Crippen LogP contribution in [0.2, 0.25) is 0 Å². The molecule has 1 aliphatic heterocycles. The number of Topliss-reactive ketones (excluding diaryl/α,β-unsaturated/α-hetero) is 1. The molecule has 4 nitrogen and oxygen atoms in total. The van der Waals surface area contributed by atoms with E-state index in [4.69, 9.17) is 0 Å². The Labute approximate surface area is 183 Å². The number of fused-ring (bicyclic) bond motifs is 2. The van der Waals surface area contributed by atoms with Crippen molar-refractivity contribution in [2.24, 2.45) is 0 Å². The average Bonchev–Trinajstić information content (AvgIpc) is 3.54. The summed E-state index contributed by atoms with van der Waals surface area (Å²) in [6.45, 7) is 3.96. The molecule has 0 saturated heterocycles. The van der Waals surface area contributed by atoms with E-state index in [-0.39, 0.29) is 11.7 Å². The Hall–Kier alpha value is -2.98. The minimum absolute atomic E-state index is 0.0705. The molecule has 4 heteroatoms. The van der Waals surface area contributed by atoms with Gasteiger partial charge < -0.3 is 4.90 Å². The zero-order chi connectivity index (χ0) is 21.4. The van der Waals surface area contributed by atoms with Crippen molar-refractivity contribution < 1.29 is 9.59 Å². The van der Waals surface area contributed by atoms with Crippen LogP contribution in [-0.4, -0.2) is 35.7 Å². The molecule has 3 aromatic carbocycles. The van der Waals surface area contributed by atoms with Crippen molar-refractivity contribution in [1.82, 2.24) is 4.90 Å². The monoisotopic (exact) mass is 412 g/mol. The summed E-state index contributed by atoms with van der Waals surface area (Å²) < 4.78 is 0. The standard InChI is InChI=1S/C27H28N2O2/c1-19(30)21-9-12-26-22(17-21)13-16-29(26)27(31)14-15-28(24-10-11-24)18-23-7-4-6-20-5-2-3-8-25(20)23/h2-9,12,17,24H,10-11,13-16,18H2,1H3. The fourth-order valence-electron chi connectivity index (χ4n) is 4.73. The number of ketones is 1. The molecule has 1 fully saturated rings. The van der Waals surface area contributed by atoms with Gasteiger partial charge in [0.2, 0.25) is 5.91 Å². The van der Waals surface area contributed by atoms with Gasteiger partial charge in [0, 0.05) is 43.3 Å². The van der Waals surface area contributed by atoms with Crippen molar-refractivity contribution in [3.05, 3.63) is 77.4 Å². The molecule has 1 aliphatic carbocycles. The molecule has 0 N–H and O–H groups in total. The molecular weight excluding hydrogens is 384 g/mol. The Morgan fingerprint density at radius 1 is 1.03 bits per heavy atom. The smallest absolute Gasteiger partial charge is 0.228 e. The third-order valence-corrected chi connectivity index (χ3v) is 6.61. The van der Waals surface area contributed by atoms with Gasteiger partial charge in [0.1, 0.15) is 0 Å². The lowest BCUT2D eigenvalue weighted by atomic mass is 10.0. The van der Waals surface area contributed by atoms with E-state index in [1.54, 1.807) is 6.92 Å². The zero-order valence-corrected chi connectivity index (χ0v) is 18.0. The second-order valence-electron chi connectivity index (χ2n) is 8.78. The lowest BCUT2D eigenvalue weighted by Gasteiger charge is -2.24. The van der Waals surface area contributed by atoms with Crippen LogP contribution in [0.5, 0.6) is 0 Å². The highest BCUT2D eigenvalue weighted by molar-refractivity contribution is 5.98. The third-order valence-electron chi connectivity index (χ3n) is 6.61. The highest BCUT2D eigenvalue weighted by Crippen LogP contribution is 2.32. The summed E-state index contributed by atoms with van der Waals surface area (Å²) in [6, 6.07) is 21.3. The Bertz CT molecular complexity index is 1140. The van der Waals surface area contributed by atoms with Crippen molar-refractivity contribution >= 4 is 28.2 Å². The van der Waals surface area contributed by atoms with E-state index in [1.807, 2.05) is 23.1 Å². The molecule has 31 heavy (non-hydrogen) atoms. The van der Waals surface area contributed by atoms with Gasteiger partial charge in [-0.1, -0.05) is 42.5 Å². The first kappa shape index (κ1) is 20.0. The highest BCUT2D eigenvalue weighted by Gasteiger charge is 2.31. The number of carbonyl (C=O) groups is 2. The Morgan fingerprint density at radius 2 is 1.84 bits per heavy atom. The molecule has 2 aliphatic rings. The summed E-state index contributed by atoms with van der Waals surface area (Å²) in [5, 5.41) is 2.57. The van der Waals surface area contributed by atoms with Crippen molar-refractivity contribution in [3.8, 4) is 0 Å². The van der Waals surface area contributed by atoms with Gasteiger partial charge in [-0.05, 0) is 66.3 Å². The molecule has 1 amide bonds. The van der Waals surface area contributed by atoms with E-state index in [2.05, 4.69) is 47.4 Å². The van der Waals surface area contributed by atoms with Gasteiger partial charge in [-0.2, -0.15) is 0 Å². The number of amides is 1. The number of nitrogens with zero attached hydrogens (tertiary/aromatic N) is 2. The van der Waals surface area contributed by atoms with Gasteiger partial charge in [0.05, 0.1) is 0 Å². The van der Waals surface area contributed by atoms with Crippen molar-refractivity contribution in [1.29, 1.82) is 0 Å². The van der Waals surface area contributed by atoms with Crippen LogP contribution in [0.3, 0.4) is 0 Å². The number of hydrogen-bond donors (Lipinski definition) is 0. The number of rotatable bonds is 7. The maximum atomic E-state index is 13.1. The molecular formula is C27H28N2O2. The van der Waals surface area contributed by atoms with Gasteiger partial charge in [-0.3, -0.25) is 14.5 Å². The van der Waals surface area contributed by atoms with Crippen LogP contribution < -0.4 is 4.90 Å². The molecule has 158 valence electrons. The summed E-state index contributed by atoms with van der Waals surface area (Å²) >= 11 is 0. The van der Waals surface area contributed by atoms with E-state index in [0.29, 0.717) is 19.0 Å². The second kappa shape index (κ2) is 8.27. The van der Waals surface area contributed by atoms with Gasteiger partial charge >= 0.3 is 0 Å².